The van der Waals surface area contributed by atoms with E-state index < -0.39 is 5.82 Å². The van der Waals surface area contributed by atoms with Crippen molar-refractivity contribution in [3.8, 4) is 0 Å². The summed E-state index contributed by atoms with van der Waals surface area (Å²) in [5.41, 5.74) is 1.32. The molecule has 80 valence electrons. The van der Waals surface area contributed by atoms with Crippen molar-refractivity contribution in [2.24, 2.45) is 0 Å². The van der Waals surface area contributed by atoms with Gasteiger partial charge in [0.2, 0.25) is 0 Å². The molecule has 3 nitrogen and oxygen atoms in total. The molecule has 0 aliphatic heterocycles. The van der Waals surface area contributed by atoms with Gasteiger partial charge in [0.25, 0.3) is 0 Å². The maximum absolute atomic E-state index is 12.9. The molecule has 0 fully saturated rings. The summed E-state index contributed by atoms with van der Waals surface area (Å²) >= 11 is 0. The second-order valence-electron chi connectivity index (χ2n) is 3.36. The van der Waals surface area contributed by atoms with Crippen LogP contribution in [-0.2, 0) is 0 Å². The third kappa shape index (κ3) is 1.95. The van der Waals surface area contributed by atoms with Gasteiger partial charge in [0.1, 0.15) is 5.82 Å². The highest BCUT2D eigenvalue weighted by molar-refractivity contribution is 6.09. The normalized spacial score (nSPS) is 10.1. The van der Waals surface area contributed by atoms with Gasteiger partial charge in [-0.2, -0.15) is 0 Å². The number of ketones is 1. The van der Waals surface area contributed by atoms with Crippen molar-refractivity contribution in [3.63, 3.8) is 0 Å². The molecule has 4 heteroatoms. The Kier molecular flexibility index (Phi) is 2.72. The van der Waals surface area contributed by atoms with Gasteiger partial charge in [0, 0.05) is 29.2 Å². The van der Waals surface area contributed by atoms with E-state index in [-0.39, 0.29) is 11.3 Å². The topological polar surface area (TPSA) is 42.9 Å². The largest absolute Gasteiger partial charge is 0.288 e. The molecule has 0 atom stereocenters. The number of aromatic nitrogens is 2. The molecule has 16 heavy (non-hydrogen) atoms. The quantitative estimate of drug-likeness (QED) is 0.722. The molecule has 0 radical (unpaired) electrons. The zero-order valence-corrected chi connectivity index (χ0v) is 8.64. The molecule has 0 spiro atoms. The van der Waals surface area contributed by atoms with Crippen molar-refractivity contribution >= 4 is 5.78 Å². The maximum Gasteiger partial charge on any atom is 0.196 e. The van der Waals surface area contributed by atoms with E-state index in [2.05, 4.69) is 9.97 Å². The smallest absolute Gasteiger partial charge is 0.196 e. The molecule has 0 unspecified atom stereocenters. The number of pyridine rings is 2. The third-order valence-electron chi connectivity index (χ3n) is 2.22. The van der Waals surface area contributed by atoms with Crippen molar-refractivity contribution in [2.45, 2.75) is 6.92 Å². The van der Waals surface area contributed by atoms with E-state index in [1.165, 1.54) is 12.3 Å². The molecule has 0 bridgehead atoms. The van der Waals surface area contributed by atoms with E-state index in [0.717, 1.165) is 6.20 Å². The first kappa shape index (κ1) is 10.4. The van der Waals surface area contributed by atoms with Gasteiger partial charge in [-0.25, -0.2) is 4.39 Å². The lowest BCUT2D eigenvalue weighted by Gasteiger charge is -2.03. The summed E-state index contributed by atoms with van der Waals surface area (Å²) in [6, 6.07) is 4.50. The number of carbonyl (C=O) groups excluding carboxylic acids is 1. The van der Waals surface area contributed by atoms with Crippen LogP contribution >= 0.6 is 0 Å². The monoisotopic (exact) mass is 216 g/mol. The Morgan fingerprint density at radius 3 is 2.88 bits per heavy atom. The van der Waals surface area contributed by atoms with Crippen LogP contribution in [0.15, 0.2) is 36.8 Å². The minimum Gasteiger partial charge on any atom is -0.288 e. The van der Waals surface area contributed by atoms with E-state index in [9.17, 15) is 9.18 Å². The predicted octanol–water partition coefficient (Wildman–Crippen LogP) is 2.16. The molecular weight excluding hydrogens is 207 g/mol. The second kappa shape index (κ2) is 4.18. The summed E-state index contributed by atoms with van der Waals surface area (Å²) in [6.45, 7) is 1.74. The molecule has 0 aromatic carbocycles. The molecule has 0 aliphatic rings. The molecule has 2 aromatic rings. The highest BCUT2D eigenvalue weighted by Crippen LogP contribution is 2.11. The Balaban J connectivity index is 2.44. The lowest BCUT2D eigenvalue weighted by Crippen LogP contribution is -2.05. The van der Waals surface area contributed by atoms with Crippen LogP contribution in [-0.4, -0.2) is 15.8 Å². The van der Waals surface area contributed by atoms with Crippen LogP contribution in [0, 0.1) is 12.7 Å². The molecule has 2 aromatic heterocycles. The molecular formula is C12H9FN2O. The fraction of sp³-hybridized carbons (Fsp3) is 0.0833. The Hall–Kier alpha value is -2.10. The Morgan fingerprint density at radius 1 is 1.38 bits per heavy atom. The highest BCUT2D eigenvalue weighted by Gasteiger charge is 2.12. The van der Waals surface area contributed by atoms with Crippen LogP contribution < -0.4 is 0 Å². The third-order valence-corrected chi connectivity index (χ3v) is 2.22. The van der Waals surface area contributed by atoms with Crippen molar-refractivity contribution in [3.05, 3.63) is 59.4 Å². The van der Waals surface area contributed by atoms with Gasteiger partial charge in [-0.3, -0.25) is 14.8 Å². The lowest BCUT2D eigenvalue weighted by atomic mass is 10.0. The number of rotatable bonds is 2. The molecule has 0 saturated carbocycles. The van der Waals surface area contributed by atoms with E-state index >= 15 is 0 Å². The van der Waals surface area contributed by atoms with Crippen molar-refractivity contribution in [1.29, 1.82) is 0 Å². The average Bonchev–Trinajstić information content (AvgIpc) is 2.29. The van der Waals surface area contributed by atoms with Crippen LogP contribution in [0.3, 0.4) is 0 Å². The van der Waals surface area contributed by atoms with Crippen LogP contribution in [0.25, 0.3) is 0 Å². The summed E-state index contributed by atoms with van der Waals surface area (Å²) in [4.78, 5) is 19.6. The van der Waals surface area contributed by atoms with Gasteiger partial charge in [0.15, 0.2) is 5.78 Å². The summed E-state index contributed by atoms with van der Waals surface area (Å²) in [7, 11) is 0. The van der Waals surface area contributed by atoms with Crippen molar-refractivity contribution in [1.82, 2.24) is 9.97 Å². The molecule has 0 saturated heterocycles. The van der Waals surface area contributed by atoms with Gasteiger partial charge in [-0.15, -0.1) is 0 Å². The number of halogens is 1. The van der Waals surface area contributed by atoms with Crippen LogP contribution in [0.2, 0.25) is 0 Å². The highest BCUT2D eigenvalue weighted by atomic mass is 19.1. The first-order valence-corrected chi connectivity index (χ1v) is 4.75. The lowest BCUT2D eigenvalue weighted by molar-refractivity contribution is 0.103. The van der Waals surface area contributed by atoms with Gasteiger partial charge in [-0.05, 0) is 25.1 Å². The number of aryl methyl sites for hydroxylation is 1. The van der Waals surface area contributed by atoms with E-state index in [1.807, 2.05) is 0 Å². The maximum atomic E-state index is 12.9. The van der Waals surface area contributed by atoms with Crippen LogP contribution in [0.4, 0.5) is 4.39 Å². The fourth-order valence-electron chi connectivity index (χ4n) is 1.42. The Bertz CT molecular complexity index is 540. The summed E-state index contributed by atoms with van der Waals surface area (Å²) in [6.07, 6.45) is 4.01. The number of hydrogen-bond donors (Lipinski definition) is 0. The Labute approximate surface area is 92.0 Å². The molecule has 0 N–H and O–H groups in total. The second-order valence-corrected chi connectivity index (χ2v) is 3.36. The van der Waals surface area contributed by atoms with Gasteiger partial charge >= 0.3 is 0 Å². The van der Waals surface area contributed by atoms with E-state index in [4.69, 9.17) is 0 Å². The first-order valence-electron chi connectivity index (χ1n) is 4.75. The van der Waals surface area contributed by atoms with Gasteiger partial charge < -0.3 is 0 Å². The summed E-state index contributed by atoms with van der Waals surface area (Å²) in [5.74, 6) is -0.787. The van der Waals surface area contributed by atoms with Crippen LogP contribution in [0.1, 0.15) is 21.6 Å². The van der Waals surface area contributed by atoms with E-state index in [0.29, 0.717) is 11.3 Å². The fourth-order valence-corrected chi connectivity index (χ4v) is 1.42. The zero-order valence-electron chi connectivity index (χ0n) is 8.64. The summed E-state index contributed by atoms with van der Waals surface area (Å²) < 4.78 is 12.9. The Morgan fingerprint density at radius 2 is 2.19 bits per heavy atom. The molecule has 2 rings (SSSR count). The number of nitrogens with zero attached hydrogens (tertiary/aromatic N) is 2. The zero-order chi connectivity index (χ0) is 11.5. The van der Waals surface area contributed by atoms with Crippen LogP contribution in [0.5, 0.6) is 0 Å². The number of hydrogen-bond acceptors (Lipinski definition) is 3. The average molecular weight is 216 g/mol. The molecule has 0 amide bonds. The van der Waals surface area contributed by atoms with Crippen molar-refractivity contribution < 1.29 is 9.18 Å². The molecule has 0 aliphatic carbocycles. The minimum absolute atomic E-state index is 0.233. The van der Waals surface area contributed by atoms with Gasteiger partial charge in [-0.1, -0.05) is 0 Å². The van der Waals surface area contributed by atoms with Crippen molar-refractivity contribution in [2.75, 3.05) is 0 Å². The molecule has 2 heterocycles. The minimum atomic E-state index is -0.521. The first-order chi connectivity index (χ1) is 7.68. The SMILES string of the molecule is Cc1ncccc1C(=O)c1cncc(F)c1. The predicted molar refractivity (Wildman–Crippen MR) is 56.6 cm³/mol. The summed E-state index contributed by atoms with van der Waals surface area (Å²) in [5, 5.41) is 0. The van der Waals surface area contributed by atoms with E-state index in [1.54, 1.807) is 25.3 Å². The van der Waals surface area contributed by atoms with Gasteiger partial charge in [0.05, 0.1) is 6.20 Å². The number of carbonyl (C=O) groups is 1. The standard InChI is InChI=1S/C12H9FN2O/c1-8-11(3-2-4-15-8)12(16)9-5-10(13)7-14-6-9/h2-7H,1H3.